The normalized spacial score (nSPS) is 24.7. The van der Waals surface area contributed by atoms with E-state index in [9.17, 15) is 9.90 Å². The van der Waals surface area contributed by atoms with E-state index in [-0.39, 0.29) is 12.5 Å². The second-order valence-corrected chi connectivity index (χ2v) is 7.15. The van der Waals surface area contributed by atoms with Crippen molar-refractivity contribution in [2.24, 2.45) is 5.41 Å². The van der Waals surface area contributed by atoms with Crippen LogP contribution in [0, 0.1) is 19.3 Å². The summed E-state index contributed by atoms with van der Waals surface area (Å²) in [7, 11) is 1.59. The van der Waals surface area contributed by atoms with Gasteiger partial charge in [-0.3, -0.25) is 9.69 Å². The molecule has 1 N–H and O–H groups in total. The smallest absolute Gasteiger partial charge is 0.315 e. The second-order valence-electron chi connectivity index (χ2n) is 7.15. The maximum atomic E-state index is 12.2. The van der Waals surface area contributed by atoms with Gasteiger partial charge in [0.2, 0.25) is 0 Å². The number of carboxylic acid groups (broad SMARTS) is 1. The first-order valence-electron chi connectivity index (χ1n) is 8.63. The molecule has 26 heavy (non-hydrogen) atoms. The van der Waals surface area contributed by atoms with Crippen LogP contribution < -0.4 is 9.47 Å². The molecule has 1 aromatic heterocycles. The predicted octanol–water partition coefficient (Wildman–Crippen LogP) is 2.36. The van der Waals surface area contributed by atoms with Crippen molar-refractivity contribution in [1.29, 1.82) is 0 Å². The number of ether oxygens (including phenoxy) is 2. The van der Waals surface area contributed by atoms with Gasteiger partial charge in [0, 0.05) is 36.7 Å². The van der Waals surface area contributed by atoms with Crippen LogP contribution in [-0.2, 0) is 11.3 Å². The number of benzene rings is 1. The van der Waals surface area contributed by atoms with Crippen molar-refractivity contribution in [3.8, 4) is 11.5 Å². The third kappa shape index (κ3) is 2.38. The minimum Gasteiger partial charge on any atom is -0.493 e. The summed E-state index contributed by atoms with van der Waals surface area (Å²) in [4.78, 5) is 14.4. The fourth-order valence-electron chi connectivity index (χ4n) is 4.22. The molecule has 3 heterocycles. The number of nitrogens with zero attached hydrogens (tertiary/aromatic N) is 2. The molecule has 1 fully saturated rings. The fraction of sp³-hybridized carbons (Fsp3) is 0.474. The molecule has 138 valence electrons. The zero-order valence-corrected chi connectivity index (χ0v) is 15.1. The molecule has 7 heteroatoms. The number of methoxy groups -OCH3 is 1. The number of aliphatic carboxylic acids is 1. The highest BCUT2D eigenvalue weighted by molar-refractivity contribution is 5.79. The first-order chi connectivity index (χ1) is 12.5. The molecule has 2 aromatic rings. The Hall–Kier alpha value is -2.54. The van der Waals surface area contributed by atoms with Crippen LogP contribution in [0.25, 0.3) is 0 Å². The van der Waals surface area contributed by atoms with Crippen molar-refractivity contribution in [3.05, 3.63) is 40.8 Å². The van der Waals surface area contributed by atoms with Crippen LogP contribution in [0.4, 0.5) is 0 Å². The summed E-state index contributed by atoms with van der Waals surface area (Å²) in [6.07, 6.45) is 0. The number of aromatic nitrogens is 1. The van der Waals surface area contributed by atoms with Crippen LogP contribution in [-0.4, -0.2) is 47.9 Å². The summed E-state index contributed by atoms with van der Waals surface area (Å²) in [5.41, 5.74) is 1.81. The SMILES string of the molecule is COc1cccc2c1OC[C@@]1(C(=O)O)CN(Cc3c(C)noc3C)C[C@@H]21. The molecular formula is C19H22N2O5. The number of likely N-dealkylation sites (tertiary alicyclic amines) is 1. The van der Waals surface area contributed by atoms with Crippen molar-refractivity contribution in [1.82, 2.24) is 10.1 Å². The molecule has 0 unspecified atom stereocenters. The summed E-state index contributed by atoms with van der Waals surface area (Å²) < 4.78 is 16.5. The lowest BCUT2D eigenvalue weighted by molar-refractivity contribution is -0.151. The molecule has 0 amide bonds. The molecule has 2 aliphatic heterocycles. The van der Waals surface area contributed by atoms with Gasteiger partial charge in [-0.05, 0) is 19.9 Å². The first kappa shape index (κ1) is 16.9. The van der Waals surface area contributed by atoms with Crippen LogP contribution in [0.1, 0.15) is 28.5 Å². The van der Waals surface area contributed by atoms with Gasteiger partial charge in [0.1, 0.15) is 17.8 Å². The van der Waals surface area contributed by atoms with Crippen molar-refractivity contribution in [3.63, 3.8) is 0 Å². The Morgan fingerprint density at radius 2 is 2.27 bits per heavy atom. The van der Waals surface area contributed by atoms with E-state index in [0.717, 1.165) is 22.6 Å². The standard InChI is InChI=1S/C19H22N2O5/c1-11-14(12(2)26-20-11)7-21-8-15-13-5-4-6-16(24-3)17(13)25-10-19(15,9-21)18(22)23/h4-6,15H,7-10H2,1-3H3,(H,22,23)/t15-,19-/m0/s1. The Morgan fingerprint density at radius 3 is 2.92 bits per heavy atom. The maximum absolute atomic E-state index is 12.2. The number of carbonyl (C=O) groups is 1. The molecule has 0 radical (unpaired) electrons. The lowest BCUT2D eigenvalue weighted by atomic mass is 9.73. The third-order valence-electron chi connectivity index (χ3n) is 5.68. The maximum Gasteiger partial charge on any atom is 0.315 e. The summed E-state index contributed by atoms with van der Waals surface area (Å²) in [5.74, 6) is 1.11. The van der Waals surface area contributed by atoms with E-state index >= 15 is 0 Å². The van der Waals surface area contributed by atoms with Gasteiger partial charge >= 0.3 is 5.97 Å². The molecule has 2 atom stereocenters. The molecule has 1 saturated heterocycles. The molecule has 0 bridgehead atoms. The average molecular weight is 358 g/mol. The van der Waals surface area contributed by atoms with Crippen LogP contribution >= 0.6 is 0 Å². The van der Waals surface area contributed by atoms with Crippen molar-refractivity contribution in [2.45, 2.75) is 26.3 Å². The van der Waals surface area contributed by atoms with E-state index in [1.807, 2.05) is 32.0 Å². The number of para-hydroxylation sites is 1. The highest BCUT2D eigenvalue weighted by Gasteiger charge is 2.57. The Bertz CT molecular complexity index is 842. The number of hydrogen-bond donors (Lipinski definition) is 1. The monoisotopic (exact) mass is 358 g/mol. The average Bonchev–Trinajstić information content (AvgIpc) is 3.17. The highest BCUT2D eigenvalue weighted by atomic mass is 16.5. The van der Waals surface area contributed by atoms with Crippen LogP contribution in [0.5, 0.6) is 11.5 Å². The van der Waals surface area contributed by atoms with Gasteiger partial charge < -0.3 is 19.1 Å². The molecular weight excluding hydrogens is 336 g/mol. The van der Waals surface area contributed by atoms with E-state index in [0.29, 0.717) is 31.1 Å². The second kappa shape index (κ2) is 6.02. The Labute approximate surface area is 151 Å². The highest BCUT2D eigenvalue weighted by Crippen LogP contribution is 2.52. The largest absolute Gasteiger partial charge is 0.493 e. The number of hydrogen-bond acceptors (Lipinski definition) is 6. The molecule has 4 rings (SSSR count). The van der Waals surface area contributed by atoms with E-state index in [4.69, 9.17) is 14.0 Å². The van der Waals surface area contributed by atoms with Crippen molar-refractivity contribution >= 4 is 5.97 Å². The zero-order chi connectivity index (χ0) is 18.5. The van der Waals surface area contributed by atoms with Crippen LogP contribution in [0.2, 0.25) is 0 Å². The molecule has 0 spiro atoms. The van der Waals surface area contributed by atoms with E-state index in [2.05, 4.69) is 10.1 Å². The van der Waals surface area contributed by atoms with E-state index < -0.39 is 11.4 Å². The number of rotatable bonds is 4. The Balaban J connectivity index is 1.70. The Kier molecular flexibility index (Phi) is 3.91. The predicted molar refractivity (Wildman–Crippen MR) is 92.6 cm³/mol. The lowest BCUT2D eigenvalue weighted by Crippen LogP contribution is -2.45. The lowest BCUT2D eigenvalue weighted by Gasteiger charge is -2.36. The fourth-order valence-corrected chi connectivity index (χ4v) is 4.22. The number of carboxylic acids is 1. The van der Waals surface area contributed by atoms with E-state index in [1.165, 1.54) is 0 Å². The summed E-state index contributed by atoms with van der Waals surface area (Å²) in [6, 6.07) is 5.66. The molecule has 7 nitrogen and oxygen atoms in total. The molecule has 0 aliphatic carbocycles. The van der Waals surface area contributed by atoms with Gasteiger partial charge in [-0.2, -0.15) is 0 Å². The number of fused-ring (bicyclic) bond motifs is 3. The van der Waals surface area contributed by atoms with Crippen LogP contribution in [0.3, 0.4) is 0 Å². The molecule has 2 aliphatic rings. The quantitative estimate of drug-likeness (QED) is 0.898. The van der Waals surface area contributed by atoms with Gasteiger partial charge in [-0.15, -0.1) is 0 Å². The van der Waals surface area contributed by atoms with Gasteiger partial charge in [0.15, 0.2) is 11.5 Å². The molecule has 1 aromatic carbocycles. The van der Waals surface area contributed by atoms with Crippen molar-refractivity contribution < 1.29 is 23.9 Å². The summed E-state index contributed by atoms with van der Waals surface area (Å²) in [6.45, 7) is 5.61. The Morgan fingerprint density at radius 1 is 1.46 bits per heavy atom. The minimum atomic E-state index is -0.960. The van der Waals surface area contributed by atoms with E-state index in [1.54, 1.807) is 7.11 Å². The van der Waals surface area contributed by atoms with Crippen LogP contribution in [0.15, 0.2) is 22.7 Å². The summed E-state index contributed by atoms with van der Waals surface area (Å²) >= 11 is 0. The first-order valence-corrected chi connectivity index (χ1v) is 8.63. The number of aryl methyl sites for hydroxylation is 2. The topological polar surface area (TPSA) is 85.0 Å². The minimum absolute atomic E-state index is 0.137. The van der Waals surface area contributed by atoms with Gasteiger partial charge in [0.25, 0.3) is 0 Å². The zero-order valence-electron chi connectivity index (χ0n) is 15.1. The summed E-state index contributed by atoms with van der Waals surface area (Å²) in [5, 5.41) is 14.0. The van der Waals surface area contributed by atoms with Gasteiger partial charge in [-0.1, -0.05) is 17.3 Å². The van der Waals surface area contributed by atoms with Gasteiger partial charge in [0.05, 0.1) is 12.8 Å². The third-order valence-corrected chi connectivity index (χ3v) is 5.68. The van der Waals surface area contributed by atoms with Gasteiger partial charge in [-0.25, -0.2) is 0 Å². The molecule has 0 saturated carbocycles. The van der Waals surface area contributed by atoms with Crippen molar-refractivity contribution in [2.75, 3.05) is 26.8 Å².